The van der Waals surface area contributed by atoms with Gasteiger partial charge in [0.05, 0.1) is 45.8 Å². The maximum absolute atomic E-state index is 13.9. The van der Waals surface area contributed by atoms with Crippen LogP contribution in [0.5, 0.6) is 17.2 Å². The molecule has 4 aromatic rings. The Bertz CT molecular complexity index is 1880. The van der Waals surface area contributed by atoms with E-state index in [-0.39, 0.29) is 22.9 Å². The molecule has 2 atom stereocenters. The molecule has 1 aliphatic carbocycles. The van der Waals surface area contributed by atoms with E-state index in [0.29, 0.717) is 70.5 Å². The molecule has 14 heteroatoms. The average molecular weight is 674 g/mol. The first-order valence-corrected chi connectivity index (χ1v) is 16.8. The number of carbonyl (C=O) groups is 2. The predicted molar refractivity (Wildman–Crippen MR) is 186 cm³/mol. The molecular weight excluding hydrogens is 634 g/mol. The molecule has 0 aliphatic heterocycles. The van der Waals surface area contributed by atoms with E-state index < -0.39 is 12.1 Å². The van der Waals surface area contributed by atoms with Crippen LogP contribution in [0.1, 0.15) is 36.9 Å². The molecule has 2 amide bonds. The standard InChI is InChI=1S/C34H39N7O6S/c1-19(42)35-25-13-11-20-17-29(45-3)31(46-4)32(47-5)30(20)21-12-14-26(28(43)18-23(21)25)36-27(15-16-48-6)34(44)37-24-10-8-7-9-22(24)33-38-40-41(2)39-33/h7-10,12,14,17-18,25,27H,11,13,15-16H2,1-6H3,(H,35,42)(H,36,43)(H,37,44). The molecule has 48 heavy (non-hydrogen) atoms. The second-order valence-electron chi connectivity index (χ2n) is 11.2. The third-order valence-corrected chi connectivity index (χ3v) is 8.75. The first-order valence-electron chi connectivity index (χ1n) is 15.4. The van der Waals surface area contributed by atoms with Crippen molar-refractivity contribution in [2.75, 3.05) is 44.0 Å². The SMILES string of the molecule is COc1cc2c(c(OC)c1OC)-c1ccc(NC(CCSC)C(=O)Nc3ccccc3-c3nnn(C)n3)c(=O)cc1C(NC(C)=O)CC2. The Morgan fingerprint density at radius 3 is 2.46 bits per heavy atom. The minimum absolute atomic E-state index is 0.220. The van der Waals surface area contributed by atoms with E-state index in [1.165, 1.54) is 24.9 Å². The Kier molecular flexibility index (Phi) is 10.8. The summed E-state index contributed by atoms with van der Waals surface area (Å²) in [6.07, 6.45) is 3.51. The Hall–Kier alpha value is -5.11. The van der Waals surface area contributed by atoms with E-state index in [4.69, 9.17) is 14.2 Å². The number of anilines is 2. The third kappa shape index (κ3) is 7.23. The number of tetrazole rings is 1. The van der Waals surface area contributed by atoms with Crippen LogP contribution in [-0.2, 0) is 23.1 Å². The van der Waals surface area contributed by atoms with Crippen LogP contribution in [-0.4, -0.2) is 71.4 Å². The van der Waals surface area contributed by atoms with E-state index in [0.717, 1.165) is 11.1 Å². The Labute approximate surface area is 282 Å². The number of aryl methyl sites for hydroxylation is 2. The molecule has 0 spiro atoms. The molecule has 1 aromatic heterocycles. The van der Waals surface area contributed by atoms with Gasteiger partial charge in [0.1, 0.15) is 6.04 Å². The van der Waals surface area contributed by atoms with Crippen molar-refractivity contribution < 1.29 is 23.8 Å². The molecule has 1 aliphatic rings. The number of nitrogens with one attached hydrogen (secondary N) is 3. The molecule has 0 bridgehead atoms. The number of aromatic nitrogens is 4. The molecule has 2 unspecified atom stereocenters. The van der Waals surface area contributed by atoms with Crippen LogP contribution in [0, 0.1) is 0 Å². The summed E-state index contributed by atoms with van der Waals surface area (Å²) in [6.45, 7) is 1.45. The van der Waals surface area contributed by atoms with Crippen molar-refractivity contribution in [2.45, 2.75) is 38.3 Å². The van der Waals surface area contributed by atoms with Gasteiger partial charge in [0.2, 0.25) is 28.8 Å². The van der Waals surface area contributed by atoms with Crippen molar-refractivity contribution in [3.63, 3.8) is 0 Å². The molecule has 5 rings (SSSR count). The minimum atomic E-state index is -0.757. The summed E-state index contributed by atoms with van der Waals surface area (Å²) < 4.78 is 17.2. The van der Waals surface area contributed by atoms with Crippen molar-refractivity contribution in [3.8, 4) is 39.8 Å². The van der Waals surface area contributed by atoms with Crippen molar-refractivity contribution in [1.29, 1.82) is 0 Å². The number of hydrogen-bond acceptors (Lipinski definition) is 11. The minimum Gasteiger partial charge on any atom is -0.493 e. The third-order valence-electron chi connectivity index (χ3n) is 8.11. The number of fused-ring (bicyclic) bond motifs is 3. The highest BCUT2D eigenvalue weighted by molar-refractivity contribution is 7.98. The van der Waals surface area contributed by atoms with Gasteiger partial charge in [0.15, 0.2) is 11.5 Å². The Morgan fingerprint density at radius 1 is 1.02 bits per heavy atom. The monoisotopic (exact) mass is 673 g/mol. The summed E-state index contributed by atoms with van der Waals surface area (Å²) in [4.78, 5) is 41.4. The molecule has 13 nitrogen and oxygen atoms in total. The number of ether oxygens (including phenoxy) is 3. The fraction of sp³-hybridized carbons (Fsp3) is 0.353. The van der Waals surface area contributed by atoms with E-state index >= 15 is 0 Å². The lowest BCUT2D eigenvalue weighted by Crippen LogP contribution is -2.36. The van der Waals surface area contributed by atoms with Crippen molar-refractivity contribution in [2.24, 2.45) is 7.05 Å². The normalized spacial score (nSPS) is 14.1. The molecular formula is C34H39N7O6S. The number of nitrogens with zero attached hydrogens (tertiary/aromatic N) is 4. The largest absolute Gasteiger partial charge is 0.493 e. The summed E-state index contributed by atoms with van der Waals surface area (Å²) >= 11 is 1.60. The highest BCUT2D eigenvalue weighted by Gasteiger charge is 2.30. The van der Waals surface area contributed by atoms with Gasteiger partial charge < -0.3 is 30.2 Å². The fourth-order valence-corrected chi connectivity index (χ4v) is 6.39. The fourth-order valence-electron chi connectivity index (χ4n) is 5.92. The van der Waals surface area contributed by atoms with Gasteiger partial charge in [-0.05, 0) is 83.5 Å². The highest BCUT2D eigenvalue weighted by Crippen LogP contribution is 2.50. The zero-order chi connectivity index (χ0) is 34.4. The average Bonchev–Trinajstić information content (AvgIpc) is 3.38. The van der Waals surface area contributed by atoms with Crippen LogP contribution in [0.15, 0.2) is 53.3 Å². The quantitative estimate of drug-likeness (QED) is 0.198. The van der Waals surface area contributed by atoms with Crippen LogP contribution in [0.3, 0.4) is 0 Å². The summed E-state index contributed by atoms with van der Waals surface area (Å²) in [5.74, 6) is 1.88. The van der Waals surface area contributed by atoms with Gasteiger partial charge in [-0.2, -0.15) is 16.6 Å². The first-order chi connectivity index (χ1) is 23.2. The van der Waals surface area contributed by atoms with Gasteiger partial charge >= 0.3 is 0 Å². The maximum Gasteiger partial charge on any atom is 0.246 e. The molecule has 3 N–H and O–H groups in total. The van der Waals surface area contributed by atoms with Crippen molar-refractivity contribution >= 4 is 35.0 Å². The number of rotatable bonds is 12. The van der Waals surface area contributed by atoms with Gasteiger partial charge in [0, 0.05) is 18.1 Å². The van der Waals surface area contributed by atoms with Crippen molar-refractivity contribution in [3.05, 3.63) is 69.9 Å². The van der Waals surface area contributed by atoms with E-state index in [9.17, 15) is 14.4 Å². The second kappa shape index (κ2) is 15.2. The number of thioether (sulfide) groups is 1. The molecule has 0 radical (unpaired) electrons. The second-order valence-corrected chi connectivity index (χ2v) is 12.2. The lowest BCUT2D eigenvalue weighted by atomic mass is 9.95. The number of para-hydroxylation sites is 1. The van der Waals surface area contributed by atoms with Crippen molar-refractivity contribution in [1.82, 2.24) is 25.5 Å². The lowest BCUT2D eigenvalue weighted by Gasteiger charge is -2.19. The summed E-state index contributed by atoms with van der Waals surface area (Å²) in [5.41, 5.74) is 4.01. The van der Waals surface area contributed by atoms with Crippen LogP contribution in [0.2, 0.25) is 0 Å². The van der Waals surface area contributed by atoms with E-state index in [1.807, 2.05) is 30.5 Å². The Morgan fingerprint density at radius 2 is 1.79 bits per heavy atom. The van der Waals surface area contributed by atoms with Crippen LogP contribution < -0.4 is 35.6 Å². The zero-order valence-corrected chi connectivity index (χ0v) is 28.6. The predicted octanol–water partition coefficient (Wildman–Crippen LogP) is 4.23. The molecule has 0 saturated carbocycles. The van der Waals surface area contributed by atoms with Crippen LogP contribution in [0.25, 0.3) is 22.5 Å². The highest BCUT2D eigenvalue weighted by atomic mass is 32.2. The number of benzene rings is 2. The van der Waals surface area contributed by atoms with E-state index in [1.54, 1.807) is 51.2 Å². The van der Waals surface area contributed by atoms with E-state index in [2.05, 4.69) is 31.4 Å². The lowest BCUT2D eigenvalue weighted by molar-refractivity contribution is -0.120. The van der Waals surface area contributed by atoms with Crippen LogP contribution in [0.4, 0.5) is 11.4 Å². The Balaban J connectivity index is 1.58. The number of amides is 2. The molecule has 0 saturated heterocycles. The van der Waals surface area contributed by atoms with Gasteiger partial charge in [-0.3, -0.25) is 14.4 Å². The topological polar surface area (TPSA) is 159 Å². The van der Waals surface area contributed by atoms with Crippen LogP contribution >= 0.6 is 11.8 Å². The molecule has 1 heterocycles. The zero-order valence-electron chi connectivity index (χ0n) is 27.7. The summed E-state index contributed by atoms with van der Waals surface area (Å²) in [7, 11) is 6.32. The summed E-state index contributed by atoms with van der Waals surface area (Å²) in [6, 6.07) is 12.9. The molecule has 252 valence electrons. The number of hydrogen-bond donors (Lipinski definition) is 3. The smallest absolute Gasteiger partial charge is 0.246 e. The number of methoxy groups -OCH3 is 3. The van der Waals surface area contributed by atoms with Gasteiger partial charge in [-0.1, -0.05) is 18.2 Å². The number of carbonyl (C=O) groups excluding carboxylic acids is 2. The van der Waals surface area contributed by atoms with Gasteiger partial charge in [0.25, 0.3) is 0 Å². The molecule has 3 aromatic carbocycles. The summed E-state index contributed by atoms with van der Waals surface area (Å²) in [5, 5.41) is 21.5. The van der Waals surface area contributed by atoms with Gasteiger partial charge in [-0.25, -0.2) is 0 Å². The van der Waals surface area contributed by atoms with Gasteiger partial charge in [-0.15, -0.1) is 10.2 Å². The first kappa shape index (κ1) is 34.2. The molecule has 0 fully saturated rings. The maximum atomic E-state index is 13.9.